The van der Waals surface area contributed by atoms with Crippen LogP contribution in [-0.4, -0.2) is 3.21 Å². The summed E-state index contributed by atoms with van der Waals surface area (Å²) in [6, 6.07) is 13.3. The minimum atomic E-state index is 0. The van der Waals surface area contributed by atoms with E-state index in [1.165, 1.54) is 71.0 Å². The molecule has 0 amide bonds. The number of benzene rings is 2. The summed E-state index contributed by atoms with van der Waals surface area (Å²) in [4.78, 5) is 0. The molecule has 0 saturated heterocycles. The van der Waals surface area contributed by atoms with Gasteiger partial charge in [0.25, 0.3) is 0 Å². The zero-order valence-corrected chi connectivity index (χ0v) is 26.2. The molecule has 0 radical (unpaired) electrons. The molecule has 2 aromatic rings. The summed E-state index contributed by atoms with van der Waals surface area (Å²) in [6.07, 6.45) is 17.2. The van der Waals surface area contributed by atoms with Crippen LogP contribution in [0.4, 0.5) is 0 Å². The summed E-state index contributed by atoms with van der Waals surface area (Å²) in [5.74, 6) is 0.378. The van der Waals surface area contributed by atoms with E-state index in [9.17, 15) is 0 Å². The summed E-state index contributed by atoms with van der Waals surface area (Å²) in [6.45, 7) is 13.8. The van der Waals surface area contributed by atoms with Crippen LogP contribution >= 0.6 is 0 Å². The molecule has 5 rings (SSSR count). The van der Waals surface area contributed by atoms with Crippen LogP contribution in [0.3, 0.4) is 0 Å². The molecule has 1 fully saturated rings. The van der Waals surface area contributed by atoms with E-state index >= 15 is 0 Å². The SMILES string of the molecule is CC(C)(C)c1ccc2c(c1)Cc1[c-]c(C(C)(C)C)c(C3C=CC=C3)cc1-2.[Cl-].[Cl-].[Zr+2]=[C]1CCCCC1. The fourth-order valence-corrected chi connectivity index (χ4v) is 6.01. The molecule has 3 aliphatic rings. The summed E-state index contributed by atoms with van der Waals surface area (Å²) < 4.78 is 1.80. The Morgan fingerprint density at radius 3 is 1.94 bits per heavy atom. The van der Waals surface area contributed by atoms with Crippen LogP contribution in [0, 0.1) is 6.07 Å². The molecular weight excluding hydrogens is 546 g/mol. The van der Waals surface area contributed by atoms with Gasteiger partial charge in [-0.15, -0.1) is 16.7 Å². The van der Waals surface area contributed by atoms with Crippen molar-refractivity contribution in [2.75, 3.05) is 0 Å². The average molecular weight is 586 g/mol. The van der Waals surface area contributed by atoms with E-state index in [1.54, 1.807) is 27.4 Å². The molecule has 35 heavy (non-hydrogen) atoms. The van der Waals surface area contributed by atoms with Crippen molar-refractivity contribution in [1.82, 2.24) is 0 Å². The third-order valence-corrected chi connectivity index (χ3v) is 8.36. The van der Waals surface area contributed by atoms with Crippen molar-refractivity contribution in [3.63, 3.8) is 0 Å². The van der Waals surface area contributed by atoms with Crippen molar-refractivity contribution in [2.45, 2.75) is 96.8 Å². The first-order chi connectivity index (χ1) is 15.5. The quantitative estimate of drug-likeness (QED) is 0.386. The Labute approximate surface area is 241 Å². The number of fused-ring (bicyclic) bond motifs is 3. The fourth-order valence-electron chi connectivity index (χ4n) is 5.15. The molecule has 0 aromatic heterocycles. The van der Waals surface area contributed by atoms with Gasteiger partial charge in [0.2, 0.25) is 0 Å². The molecule has 0 spiro atoms. The van der Waals surface area contributed by atoms with E-state index in [-0.39, 0.29) is 35.6 Å². The maximum atomic E-state index is 3.85. The molecule has 0 aliphatic heterocycles. The first-order valence-corrected chi connectivity index (χ1v) is 13.9. The molecule has 3 aliphatic carbocycles. The number of allylic oxidation sites excluding steroid dienone is 4. The van der Waals surface area contributed by atoms with Crippen molar-refractivity contribution < 1.29 is 49.0 Å². The Morgan fingerprint density at radius 2 is 1.43 bits per heavy atom. The molecule has 186 valence electrons. The van der Waals surface area contributed by atoms with Crippen LogP contribution in [0.5, 0.6) is 0 Å². The van der Waals surface area contributed by atoms with Gasteiger partial charge in [-0.3, -0.25) is 0 Å². The predicted molar refractivity (Wildman–Crippen MR) is 140 cm³/mol. The maximum absolute atomic E-state index is 3.85. The van der Waals surface area contributed by atoms with Crippen molar-refractivity contribution in [2.24, 2.45) is 0 Å². The second-order valence-electron chi connectivity index (χ2n) is 12.0. The third kappa shape index (κ3) is 7.18. The first kappa shape index (κ1) is 30.5. The van der Waals surface area contributed by atoms with Gasteiger partial charge in [0.15, 0.2) is 0 Å². The summed E-state index contributed by atoms with van der Waals surface area (Å²) in [7, 11) is 0. The Hall–Kier alpha value is -0.747. The van der Waals surface area contributed by atoms with Crippen molar-refractivity contribution in [3.05, 3.63) is 82.5 Å². The van der Waals surface area contributed by atoms with Gasteiger partial charge >= 0.3 is 59.5 Å². The number of rotatable bonds is 1. The zero-order valence-electron chi connectivity index (χ0n) is 22.2. The average Bonchev–Trinajstić information content (AvgIpc) is 3.40. The van der Waals surface area contributed by atoms with Gasteiger partial charge < -0.3 is 24.8 Å². The number of hydrogen-bond donors (Lipinski definition) is 0. The van der Waals surface area contributed by atoms with E-state index in [0.717, 1.165) is 6.42 Å². The second kappa shape index (κ2) is 12.2. The Bertz CT molecular complexity index is 1090. The van der Waals surface area contributed by atoms with Gasteiger partial charge in [0.1, 0.15) is 0 Å². The van der Waals surface area contributed by atoms with Crippen LogP contribution in [0.25, 0.3) is 11.1 Å². The molecule has 3 heteroatoms. The topological polar surface area (TPSA) is 0 Å². The normalized spacial score (nSPS) is 16.6. The van der Waals surface area contributed by atoms with E-state index < -0.39 is 0 Å². The summed E-state index contributed by atoms with van der Waals surface area (Å²) in [5, 5.41) is 0. The van der Waals surface area contributed by atoms with Crippen LogP contribution in [-0.2, 0) is 41.5 Å². The van der Waals surface area contributed by atoms with Gasteiger partial charge in [0, 0.05) is 0 Å². The molecule has 0 atom stereocenters. The molecule has 0 heterocycles. The van der Waals surface area contributed by atoms with E-state index in [1.807, 2.05) is 0 Å². The van der Waals surface area contributed by atoms with Crippen LogP contribution in [0.1, 0.15) is 107 Å². The first-order valence-electron chi connectivity index (χ1n) is 12.7. The van der Waals surface area contributed by atoms with Crippen LogP contribution < -0.4 is 24.8 Å². The number of hydrogen-bond acceptors (Lipinski definition) is 0. The van der Waals surface area contributed by atoms with E-state index in [0.29, 0.717) is 5.92 Å². The molecule has 0 unspecified atom stereocenters. The molecular formula is C32H39Cl2Zr-. The molecule has 1 saturated carbocycles. The molecule has 0 bridgehead atoms. The van der Waals surface area contributed by atoms with Gasteiger partial charge in [-0.2, -0.15) is 17.7 Å². The Morgan fingerprint density at radius 1 is 0.800 bits per heavy atom. The second-order valence-corrected chi connectivity index (χ2v) is 13.7. The van der Waals surface area contributed by atoms with Crippen molar-refractivity contribution >= 4 is 3.21 Å². The Kier molecular flexibility index (Phi) is 10.6. The van der Waals surface area contributed by atoms with Crippen LogP contribution in [0.2, 0.25) is 0 Å². The predicted octanol–water partition coefficient (Wildman–Crippen LogP) is 2.54. The minimum absolute atomic E-state index is 0. The van der Waals surface area contributed by atoms with Crippen molar-refractivity contribution in [3.8, 4) is 11.1 Å². The summed E-state index contributed by atoms with van der Waals surface area (Å²) >= 11 is 1.69. The van der Waals surface area contributed by atoms with Crippen molar-refractivity contribution in [1.29, 1.82) is 0 Å². The van der Waals surface area contributed by atoms with Gasteiger partial charge in [-0.1, -0.05) is 89.6 Å². The third-order valence-electron chi connectivity index (χ3n) is 7.13. The van der Waals surface area contributed by atoms with E-state index in [4.69, 9.17) is 0 Å². The monoisotopic (exact) mass is 583 g/mol. The number of halogens is 2. The van der Waals surface area contributed by atoms with Crippen LogP contribution in [0.15, 0.2) is 48.6 Å². The standard InChI is InChI=1S/C26H29.C6H10.2ClH.Zr/c1-25(2,3)20-11-12-21-18(14-20)13-19-15-24(26(4,5)6)23(16-22(19)21)17-9-7-8-10-17;1-2-4-6-5-3-1;;;/h7-12,14,16-17H,13H2,1-6H3;1-5H2;2*1H;/q-1;;;;+2/p-2. The fraction of sp³-hybridized carbons (Fsp3) is 0.469. The van der Waals surface area contributed by atoms with Gasteiger partial charge in [-0.05, 0) is 34.3 Å². The summed E-state index contributed by atoms with van der Waals surface area (Å²) in [5.41, 5.74) is 10.1. The molecule has 0 nitrogen and oxygen atoms in total. The van der Waals surface area contributed by atoms with Gasteiger partial charge in [0.05, 0.1) is 0 Å². The van der Waals surface area contributed by atoms with E-state index in [2.05, 4.69) is 96.2 Å². The molecule has 0 N–H and O–H groups in total. The Balaban J connectivity index is 0.000000417. The zero-order chi connectivity index (χ0) is 23.8. The van der Waals surface area contributed by atoms with Gasteiger partial charge in [-0.25, -0.2) is 0 Å². The molecule has 2 aromatic carbocycles.